The van der Waals surface area contributed by atoms with E-state index in [-0.39, 0.29) is 29.2 Å². The maximum Gasteiger partial charge on any atom is 0.330 e. The van der Waals surface area contributed by atoms with Crippen molar-refractivity contribution in [3.63, 3.8) is 0 Å². The summed E-state index contributed by atoms with van der Waals surface area (Å²) in [4.78, 5) is 26.8. The average molecular weight is 525 g/mol. The second-order valence-corrected chi connectivity index (χ2v) is 22.6. The molecule has 198 valence electrons. The zero-order chi connectivity index (χ0) is 26.6. The van der Waals surface area contributed by atoms with Gasteiger partial charge in [-0.15, -0.1) is 0 Å². The number of hydrogen-bond donors (Lipinski definition) is 2. The third kappa shape index (κ3) is 5.10. The van der Waals surface area contributed by atoms with E-state index in [0.717, 1.165) is 5.57 Å². The van der Waals surface area contributed by atoms with Crippen molar-refractivity contribution in [3.8, 4) is 0 Å². The lowest BCUT2D eigenvalue weighted by molar-refractivity contribution is -0.103. The topological polar surface area (TPSA) is 103 Å². The molecule has 1 aromatic rings. The first kappa shape index (κ1) is 28.3. The molecule has 0 aromatic carbocycles. The standard InChI is InChI=1S/C25H44N2O6Si2/c1-23(2,3)34(7,8)31-16-25-17(15-28)11-12-18(20(25)33-35(9,10)24(4,5)6)21(32-25)27-14-13-19(29)26-22(27)30/h11,13-14,18,20-21,28H,12,15-16H2,1-10H3,(H,26,29,30)/t18-,20+,21-,25+/m1/s1. The number of hydrogen-bond acceptors (Lipinski definition) is 6. The molecule has 0 spiro atoms. The van der Waals surface area contributed by atoms with Crippen LogP contribution in [0.25, 0.3) is 0 Å². The van der Waals surface area contributed by atoms with E-state index >= 15 is 0 Å². The number of aliphatic hydroxyl groups is 1. The highest BCUT2D eigenvalue weighted by Gasteiger charge is 2.62. The van der Waals surface area contributed by atoms with Crippen LogP contribution in [0.3, 0.4) is 0 Å². The van der Waals surface area contributed by atoms with Gasteiger partial charge < -0.3 is 18.7 Å². The van der Waals surface area contributed by atoms with Crippen LogP contribution in [-0.4, -0.2) is 56.2 Å². The number of rotatable bonds is 7. The molecule has 0 saturated carbocycles. The Labute approximate surface area is 211 Å². The fourth-order valence-electron chi connectivity index (χ4n) is 4.29. The molecule has 4 atom stereocenters. The van der Waals surface area contributed by atoms with Gasteiger partial charge in [0, 0.05) is 18.2 Å². The third-order valence-electron chi connectivity index (χ3n) is 8.70. The molecule has 0 amide bonds. The second-order valence-electron chi connectivity index (χ2n) is 13.1. The van der Waals surface area contributed by atoms with E-state index in [0.29, 0.717) is 6.42 Å². The zero-order valence-corrected chi connectivity index (χ0v) is 25.0. The maximum absolute atomic E-state index is 12.8. The number of H-pyrrole nitrogens is 1. The summed E-state index contributed by atoms with van der Waals surface area (Å²) < 4.78 is 22.0. The van der Waals surface area contributed by atoms with Crippen molar-refractivity contribution in [2.45, 2.75) is 102 Å². The quantitative estimate of drug-likeness (QED) is 0.410. The van der Waals surface area contributed by atoms with Crippen LogP contribution in [0.4, 0.5) is 0 Å². The fraction of sp³-hybridized carbons (Fsp3) is 0.760. The van der Waals surface area contributed by atoms with Gasteiger partial charge in [-0.25, -0.2) is 4.79 Å². The largest absolute Gasteiger partial charge is 0.413 e. The van der Waals surface area contributed by atoms with Gasteiger partial charge in [0.25, 0.3) is 5.56 Å². The van der Waals surface area contributed by atoms with Crippen LogP contribution in [0.2, 0.25) is 36.3 Å². The highest BCUT2D eigenvalue weighted by atomic mass is 28.4. The van der Waals surface area contributed by atoms with Crippen molar-refractivity contribution in [2.75, 3.05) is 13.2 Å². The van der Waals surface area contributed by atoms with Crippen LogP contribution in [-0.2, 0) is 13.6 Å². The van der Waals surface area contributed by atoms with Gasteiger partial charge in [0.05, 0.1) is 19.3 Å². The molecule has 35 heavy (non-hydrogen) atoms. The summed E-state index contributed by atoms with van der Waals surface area (Å²) in [6, 6.07) is 1.33. The van der Waals surface area contributed by atoms with Crippen molar-refractivity contribution < 1.29 is 18.7 Å². The van der Waals surface area contributed by atoms with Crippen molar-refractivity contribution in [1.82, 2.24) is 9.55 Å². The van der Waals surface area contributed by atoms with Crippen LogP contribution < -0.4 is 11.2 Å². The molecule has 1 saturated heterocycles. The Balaban J connectivity index is 2.14. The molecule has 10 heteroatoms. The molecule has 8 nitrogen and oxygen atoms in total. The molecular weight excluding hydrogens is 480 g/mol. The molecule has 2 N–H and O–H groups in total. The Morgan fingerprint density at radius 3 is 2.23 bits per heavy atom. The van der Waals surface area contributed by atoms with Gasteiger partial charge in [0.15, 0.2) is 16.6 Å². The number of nitrogens with one attached hydrogen (secondary N) is 1. The van der Waals surface area contributed by atoms with Crippen molar-refractivity contribution in [3.05, 3.63) is 44.8 Å². The Bertz CT molecular complexity index is 1080. The highest BCUT2D eigenvalue weighted by molar-refractivity contribution is 6.74. The minimum absolute atomic E-state index is 0.00948. The Morgan fingerprint density at radius 1 is 1.11 bits per heavy atom. The van der Waals surface area contributed by atoms with E-state index < -0.39 is 45.8 Å². The van der Waals surface area contributed by atoms with Gasteiger partial charge in [0.2, 0.25) is 0 Å². The number of ether oxygens (including phenoxy) is 1. The molecule has 2 aliphatic rings. The van der Waals surface area contributed by atoms with Gasteiger partial charge in [-0.05, 0) is 48.3 Å². The van der Waals surface area contributed by atoms with Crippen molar-refractivity contribution in [1.29, 1.82) is 0 Å². The predicted octanol–water partition coefficient (Wildman–Crippen LogP) is 4.16. The monoisotopic (exact) mass is 524 g/mol. The molecule has 2 bridgehead atoms. The summed E-state index contributed by atoms with van der Waals surface area (Å²) in [5.41, 5.74) is -1.27. The van der Waals surface area contributed by atoms with Gasteiger partial charge in [-0.3, -0.25) is 14.3 Å². The molecule has 0 radical (unpaired) electrons. The van der Waals surface area contributed by atoms with E-state index in [2.05, 4.69) is 72.7 Å². The van der Waals surface area contributed by atoms with Crippen LogP contribution in [0.15, 0.2) is 33.5 Å². The lowest BCUT2D eigenvalue weighted by atomic mass is 9.77. The third-order valence-corrected chi connectivity index (χ3v) is 17.6. The lowest BCUT2D eigenvalue weighted by Crippen LogP contribution is -2.58. The van der Waals surface area contributed by atoms with Crippen molar-refractivity contribution >= 4 is 16.6 Å². The summed E-state index contributed by atoms with van der Waals surface area (Å²) >= 11 is 0. The second kappa shape index (κ2) is 9.22. The maximum atomic E-state index is 12.8. The first-order chi connectivity index (χ1) is 15.9. The molecular formula is C25H44N2O6Si2. The number of fused-ring (bicyclic) bond motifs is 2. The van der Waals surface area contributed by atoms with E-state index in [1.807, 2.05) is 6.08 Å². The predicted molar refractivity (Wildman–Crippen MR) is 143 cm³/mol. The first-order valence-electron chi connectivity index (χ1n) is 12.5. The molecule has 0 unspecified atom stereocenters. The van der Waals surface area contributed by atoms with Crippen molar-refractivity contribution in [2.24, 2.45) is 5.92 Å². The summed E-state index contributed by atoms with van der Waals surface area (Å²) in [5, 5.41) is 10.4. The van der Waals surface area contributed by atoms with E-state index in [1.165, 1.54) is 16.8 Å². The van der Waals surface area contributed by atoms with E-state index in [4.69, 9.17) is 13.6 Å². The molecule has 1 aliphatic heterocycles. The summed E-state index contributed by atoms with van der Waals surface area (Å²) in [5.74, 6) is -0.175. The number of allylic oxidation sites excluding steroid dienone is 1. The number of aromatic amines is 1. The smallest absolute Gasteiger partial charge is 0.330 e. The first-order valence-corrected chi connectivity index (χ1v) is 18.3. The molecule has 1 fully saturated rings. The number of nitrogens with zero attached hydrogens (tertiary/aromatic N) is 1. The number of aliphatic hydroxyl groups excluding tert-OH is 1. The Kier molecular flexibility index (Phi) is 7.44. The van der Waals surface area contributed by atoms with Gasteiger partial charge in [-0.1, -0.05) is 47.6 Å². The zero-order valence-electron chi connectivity index (χ0n) is 23.0. The Hall–Kier alpha value is -1.31. The lowest BCUT2D eigenvalue weighted by Gasteiger charge is -2.47. The van der Waals surface area contributed by atoms with Gasteiger partial charge in [-0.2, -0.15) is 0 Å². The van der Waals surface area contributed by atoms with Crippen LogP contribution in [0.5, 0.6) is 0 Å². The minimum Gasteiger partial charge on any atom is -0.413 e. The molecule has 3 rings (SSSR count). The SMILES string of the molecule is CC(C)(C)[Si](C)(C)OC[C@]12O[C@@H](n3ccc(=O)[nH]c3=O)[C@H](CC=C1CO)[C@@H]2O[Si](C)(C)C(C)(C)C. The number of aromatic nitrogens is 2. The van der Waals surface area contributed by atoms with Crippen LogP contribution >= 0.6 is 0 Å². The molecule has 2 heterocycles. The normalized spacial score (nSPS) is 27.7. The average Bonchev–Trinajstić information content (AvgIpc) is 2.89. The van der Waals surface area contributed by atoms with E-state index in [1.54, 1.807) is 0 Å². The van der Waals surface area contributed by atoms with Gasteiger partial charge >= 0.3 is 5.69 Å². The fourth-order valence-corrected chi connectivity index (χ4v) is 6.66. The summed E-state index contributed by atoms with van der Waals surface area (Å²) in [7, 11) is -4.44. The molecule has 1 aliphatic carbocycles. The van der Waals surface area contributed by atoms with Gasteiger partial charge in [0.1, 0.15) is 11.8 Å². The highest BCUT2D eigenvalue weighted by Crippen LogP contribution is 2.54. The van der Waals surface area contributed by atoms with E-state index in [9.17, 15) is 14.7 Å². The minimum atomic E-state index is -2.27. The molecule has 1 aromatic heterocycles. The summed E-state index contributed by atoms with van der Waals surface area (Å²) in [6.07, 6.45) is 3.04. The van der Waals surface area contributed by atoms with Crippen LogP contribution in [0, 0.1) is 5.92 Å². The van der Waals surface area contributed by atoms with Crippen LogP contribution in [0.1, 0.15) is 54.2 Å². The summed E-state index contributed by atoms with van der Waals surface area (Å²) in [6.45, 7) is 22.0. The Morgan fingerprint density at radius 2 is 1.71 bits per heavy atom.